The predicted octanol–water partition coefficient (Wildman–Crippen LogP) is -1.84. The molecule has 0 fully saturated rings. The van der Waals surface area contributed by atoms with Crippen LogP contribution in [0, 0.1) is 5.92 Å². The lowest BCUT2D eigenvalue weighted by atomic mass is 10.0. The highest BCUT2D eigenvalue weighted by Gasteiger charge is 2.23. The first-order chi connectivity index (χ1) is 9.68. The SMILES string of the molecule is CC(=O)N[C@@H](CS)C(=O)NCC(=O)N[C@H](C(N)=O)C(C)C. The van der Waals surface area contributed by atoms with E-state index in [0.717, 1.165) is 0 Å². The number of amides is 4. The summed E-state index contributed by atoms with van der Waals surface area (Å²) in [7, 11) is 0. The topological polar surface area (TPSA) is 130 Å². The van der Waals surface area contributed by atoms with Gasteiger partial charge in [-0.15, -0.1) is 0 Å². The fraction of sp³-hybridized carbons (Fsp3) is 0.667. The summed E-state index contributed by atoms with van der Waals surface area (Å²) in [6.45, 7) is 4.43. The average Bonchev–Trinajstić information content (AvgIpc) is 2.38. The molecule has 21 heavy (non-hydrogen) atoms. The molecule has 0 aromatic carbocycles. The van der Waals surface area contributed by atoms with Gasteiger partial charge in [-0.3, -0.25) is 19.2 Å². The third-order valence-corrected chi connectivity index (χ3v) is 2.95. The van der Waals surface area contributed by atoms with E-state index in [1.807, 2.05) is 0 Å². The molecule has 0 bridgehead atoms. The summed E-state index contributed by atoms with van der Waals surface area (Å²) in [6.07, 6.45) is 0. The second-order valence-electron chi connectivity index (χ2n) is 4.85. The molecule has 0 saturated carbocycles. The highest BCUT2D eigenvalue weighted by molar-refractivity contribution is 7.80. The molecule has 2 atom stereocenters. The Kier molecular flexibility index (Phi) is 8.44. The Bertz CT molecular complexity index is 414. The van der Waals surface area contributed by atoms with Crippen LogP contribution in [0.4, 0.5) is 0 Å². The van der Waals surface area contributed by atoms with Gasteiger partial charge in [0.2, 0.25) is 23.6 Å². The molecule has 0 aromatic rings. The molecule has 0 aromatic heterocycles. The lowest BCUT2D eigenvalue weighted by Crippen LogP contribution is -2.53. The molecule has 0 aliphatic rings. The molecule has 8 nitrogen and oxygen atoms in total. The monoisotopic (exact) mass is 318 g/mol. The van der Waals surface area contributed by atoms with Crippen molar-refractivity contribution < 1.29 is 19.2 Å². The van der Waals surface area contributed by atoms with E-state index in [2.05, 4.69) is 28.6 Å². The zero-order valence-corrected chi connectivity index (χ0v) is 13.2. The number of nitrogens with one attached hydrogen (secondary N) is 3. The van der Waals surface area contributed by atoms with E-state index in [1.165, 1.54) is 6.92 Å². The predicted molar refractivity (Wildman–Crippen MR) is 80.4 cm³/mol. The molecule has 0 spiro atoms. The number of carbonyl (C=O) groups is 4. The van der Waals surface area contributed by atoms with Crippen molar-refractivity contribution in [3.05, 3.63) is 0 Å². The van der Waals surface area contributed by atoms with Crippen LogP contribution >= 0.6 is 12.6 Å². The zero-order valence-electron chi connectivity index (χ0n) is 12.3. The Morgan fingerprint density at radius 2 is 1.71 bits per heavy atom. The quantitative estimate of drug-likeness (QED) is 0.337. The van der Waals surface area contributed by atoms with E-state index in [9.17, 15) is 19.2 Å². The van der Waals surface area contributed by atoms with Crippen LogP contribution in [0.3, 0.4) is 0 Å². The highest BCUT2D eigenvalue weighted by Crippen LogP contribution is 2.00. The van der Waals surface area contributed by atoms with Gasteiger partial charge in [0.05, 0.1) is 6.54 Å². The van der Waals surface area contributed by atoms with E-state index in [4.69, 9.17) is 5.73 Å². The summed E-state index contributed by atoms with van der Waals surface area (Å²) in [6, 6.07) is -1.62. The maximum Gasteiger partial charge on any atom is 0.243 e. The number of hydrogen-bond donors (Lipinski definition) is 5. The summed E-state index contributed by atoms with van der Waals surface area (Å²) in [4.78, 5) is 45.4. The standard InChI is InChI=1S/C12H22N4O4S/c1-6(2)10(11(13)19)16-9(18)4-14-12(20)8(5-21)15-7(3)17/h6,8,10,21H,4-5H2,1-3H3,(H2,13,19)(H,14,20)(H,15,17)(H,16,18)/t8-,10-/m0/s1. The smallest absolute Gasteiger partial charge is 0.243 e. The molecule has 0 heterocycles. The van der Waals surface area contributed by atoms with E-state index < -0.39 is 29.8 Å². The zero-order chi connectivity index (χ0) is 16.6. The minimum atomic E-state index is -0.823. The van der Waals surface area contributed by atoms with Crippen molar-refractivity contribution in [2.45, 2.75) is 32.9 Å². The van der Waals surface area contributed by atoms with Crippen LogP contribution in [0.5, 0.6) is 0 Å². The molecule has 0 aliphatic heterocycles. The molecule has 5 N–H and O–H groups in total. The lowest BCUT2D eigenvalue weighted by molar-refractivity contribution is -0.130. The third kappa shape index (κ3) is 7.54. The Hall–Kier alpha value is -1.77. The van der Waals surface area contributed by atoms with Crippen LogP contribution in [0.15, 0.2) is 0 Å². The van der Waals surface area contributed by atoms with Gasteiger partial charge < -0.3 is 21.7 Å². The summed E-state index contributed by atoms with van der Waals surface area (Å²) >= 11 is 3.95. The number of nitrogens with two attached hydrogens (primary N) is 1. The molecule has 0 radical (unpaired) electrons. The number of rotatable bonds is 8. The van der Waals surface area contributed by atoms with Crippen molar-refractivity contribution in [2.24, 2.45) is 11.7 Å². The summed E-state index contributed by atoms with van der Waals surface area (Å²) in [5.41, 5.74) is 5.17. The van der Waals surface area contributed by atoms with E-state index >= 15 is 0 Å². The van der Waals surface area contributed by atoms with Crippen LogP contribution in [0.1, 0.15) is 20.8 Å². The number of carbonyl (C=O) groups excluding carboxylic acids is 4. The average molecular weight is 318 g/mol. The van der Waals surface area contributed by atoms with Crippen molar-refractivity contribution in [3.8, 4) is 0 Å². The first-order valence-electron chi connectivity index (χ1n) is 6.43. The van der Waals surface area contributed by atoms with Gasteiger partial charge in [-0.25, -0.2) is 0 Å². The molecule has 0 rings (SSSR count). The molecule has 120 valence electrons. The summed E-state index contributed by atoms with van der Waals surface area (Å²) in [5, 5.41) is 7.19. The maximum absolute atomic E-state index is 11.7. The molecule has 0 aliphatic carbocycles. The van der Waals surface area contributed by atoms with E-state index in [0.29, 0.717) is 0 Å². The van der Waals surface area contributed by atoms with Crippen molar-refractivity contribution in [2.75, 3.05) is 12.3 Å². The van der Waals surface area contributed by atoms with Gasteiger partial charge in [0.15, 0.2) is 0 Å². The first-order valence-corrected chi connectivity index (χ1v) is 7.06. The van der Waals surface area contributed by atoms with Gasteiger partial charge >= 0.3 is 0 Å². The molecule has 9 heteroatoms. The van der Waals surface area contributed by atoms with Crippen molar-refractivity contribution in [1.82, 2.24) is 16.0 Å². The van der Waals surface area contributed by atoms with Crippen molar-refractivity contribution in [1.29, 1.82) is 0 Å². The first kappa shape index (κ1) is 19.2. The molecule has 0 unspecified atom stereocenters. The van der Waals surface area contributed by atoms with Gasteiger partial charge in [0, 0.05) is 12.7 Å². The Balaban J connectivity index is 4.37. The third-order valence-electron chi connectivity index (χ3n) is 2.59. The Morgan fingerprint density at radius 1 is 1.14 bits per heavy atom. The normalized spacial score (nSPS) is 13.2. The van der Waals surface area contributed by atoms with Crippen LogP contribution in [0.2, 0.25) is 0 Å². The number of primary amides is 1. The number of thiol groups is 1. The van der Waals surface area contributed by atoms with Crippen LogP contribution < -0.4 is 21.7 Å². The largest absolute Gasteiger partial charge is 0.368 e. The van der Waals surface area contributed by atoms with Crippen LogP contribution in [-0.2, 0) is 19.2 Å². The second-order valence-corrected chi connectivity index (χ2v) is 5.21. The minimum Gasteiger partial charge on any atom is -0.368 e. The molecular formula is C12H22N4O4S. The highest BCUT2D eigenvalue weighted by atomic mass is 32.1. The maximum atomic E-state index is 11.7. The fourth-order valence-electron chi connectivity index (χ4n) is 1.52. The van der Waals surface area contributed by atoms with Crippen LogP contribution in [0.25, 0.3) is 0 Å². The lowest BCUT2D eigenvalue weighted by Gasteiger charge is -2.20. The number of hydrogen-bond acceptors (Lipinski definition) is 5. The Morgan fingerprint density at radius 3 is 2.10 bits per heavy atom. The van der Waals surface area contributed by atoms with Crippen LogP contribution in [-0.4, -0.2) is 48.0 Å². The van der Waals surface area contributed by atoms with Gasteiger partial charge in [-0.2, -0.15) is 12.6 Å². The molecule has 4 amide bonds. The van der Waals surface area contributed by atoms with Gasteiger partial charge in [0.25, 0.3) is 0 Å². The van der Waals surface area contributed by atoms with Crippen molar-refractivity contribution in [3.63, 3.8) is 0 Å². The fourth-order valence-corrected chi connectivity index (χ4v) is 1.78. The van der Waals surface area contributed by atoms with E-state index in [-0.39, 0.29) is 24.1 Å². The molecular weight excluding hydrogens is 296 g/mol. The van der Waals surface area contributed by atoms with Crippen molar-refractivity contribution >= 4 is 36.3 Å². The van der Waals surface area contributed by atoms with Gasteiger partial charge in [0.1, 0.15) is 12.1 Å². The molecule has 0 saturated heterocycles. The Labute approximate surface area is 129 Å². The minimum absolute atomic E-state index is 0.100. The van der Waals surface area contributed by atoms with Gasteiger partial charge in [-0.1, -0.05) is 13.8 Å². The summed E-state index contributed by atoms with van der Waals surface area (Å²) in [5.74, 6) is -2.15. The summed E-state index contributed by atoms with van der Waals surface area (Å²) < 4.78 is 0. The van der Waals surface area contributed by atoms with E-state index in [1.54, 1.807) is 13.8 Å². The second kappa shape index (κ2) is 9.22. The van der Waals surface area contributed by atoms with Gasteiger partial charge in [-0.05, 0) is 5.92 Å².